The molecule has 0 radical (unpaired) electrons. The van der Waals surface area contributed by atoms with Crippen molar-refractivity contribution in [1.29, 1.82) is 0 Å². The molecule has 1 heterocycles. The first-order valence-electron chi connectivity index (χ1n) is 9.42. The summed E-state index contributed by atoms with van der Waals surface area (Å²) in [5.41, 5.74) is 1.94. The maximum absolute atomic E-state index is 12.8. The van der Waals surface area contributed by atoms with Gasteiger partial charge in [0.25, 0.3) is 11.8 Å². The highest BCUT2D eigenvalue weighted by Crippen LogP contribution is 2.15. The number of amides is 3. The standard InChI is InChI=1S/C22H23N3O4/c1-15(26)17-6-8-20(9-7-17)23-21(28)18-4-3-5-19(14-18)22(29)25-12-10-24(11-13-25)16(2)27/h3-9,14H,10-13H2,1-2H3,(H,23,28). The monoisotopic (exact) mass is 393 g/mol. The zero-order valence-corrected chi connectivity index (χ0v) is 16.5. The van der Waals surface area contributed by atoms with Crippen LogP contribution in [-0.4, -0.2) is 59.5 Å². The third-order valence-corrected chi connectivity index (χ3v) is 4.93. The highest BCUT2D eigenvalue weighted by atomic mass is 16.2. The van der Waals surface area contributed by atoms with Crippen molar-refractivity contribution in [3.05, 3.63) is 65.2 Å². The van der Waals surface area contributed by atoms with Crippen molar-refractivity contribution in [2.45, 2.75) is 13.8 Å². The van der Waals surface area contributed by atoms with Crippen LogP contribution in [0.15, 0.2) is 48.5 Å². The molecule has 1 saturated heterocycles. The molecule has 3 rings (SSSR count). The Balaban J connectivity index is 1.67. The van der Waals surface area contributed by atoms with E-state index in [1.54, 1.807) is 58.3 Å². The van der Waals surface area contributed by atoms with Crippen LogP contribution < -0.4 is 5.32 Å². The van der Waals surface area contributed by atoms with Gasteiger partial charge in [-0.2, -0.15) is 0 Å². The van der Waals surface area contributed by atoms with E-state index in [-0.39, 0.29) is 23.5 Å². The zero-order chi connectivity index (χ0) is 21.0. The number of Topliss-reactive ketones (excluding diaryl/α,β-unsaturated/α-hetero) is 1. The van der Waals surface area contributed by atoms with Crippen molar-refractivity contribution >= 4 is 29.2 Å². The topological polar surface area (TPSA) is 86.8 Å². The highest BCUT2D eigenvalue weighted by Gasteiger charge is 2.23. The molecule has 0 atom stereocenters. The van der Waals surface area contributed by atoms with Crippen molar-refractivity contribution in [1.82, 2.24) is 9.80 Å². The van der Waals surface area contributed by atoms with Gasteiger partial charge in [-0.1, -0.05) is 6.07 Å². The van der Waals surface area contributed by atoms with Crippen LogP contribution in [0.4, 0.5) is 5.69 Å². The first-order chi connectivity index (χ1) is 13.8. The van der Waals surface area contributed by atoms with Crippen LogP contribution in [-0.2, 0) is 4.79 Å². The number of nitrogens with zero attached hydrogens (tertiary/aromatic N) is 2. The van der Waals surface area contributed by atoms with Gasteiger partial charge in [-0.3, -0.25) is 19.2 Å². The lowest BCUT2D eigenvalue weighted by Crippen LogP contribution is -2.50. The second kappa shape index (κ2) is 8.68. The summed E-state index contributed by atoms with van der Waals surface area (Å²) in [5.74, 6) is -0.532. The normalized spacial score (nSPS) is 13.7. The number of anilines is 1. The van der Waals surface area contributed by atoms with E-state index in [0.29, 0.717) is 48.6 Å². The fourth-order valence-corrected chi connectivity index (χ4v) is 3.19. The first-order valence-corrected chi connectivity index (χ1v) is 9.42. The first kappa shape index (κ1) is 20.3. The smallest absolute Gasteiger partial charge is 0.255 e. The SMILES string of the molecule is CC(=O)c1ccc(NC(=O)c2cccc(C(=O)N3CCN(C(C)=O)CC3)c2)cc1. The van der Waals surface area contributed by atoms with Crippen molar-refractivity contribution in [3.63, 3.8) is 0 Å². The molecule has 29 heavy (non-hydrogen) atoms. The zero-order valence-electron chi connectivity index (χ0n) is 16.5. The maximum Gasteiger partial charge on any atom is 0.255 e. The molecule has 0 aromatic heterocycles. The molecule has 0 saturated carbocycles. The molecular weight excluding hydrogens is 370 g/mol. The average Bonchev–Trinajstić information content (AvgIpc) is 2.73. The summed E-state index contributed by atoms with van der Waals surface area (Å²) in [6.07, 6.45) is 0. The third-order valence-electron chi connectivity index (χ3n) is 4.93. The molecular formula is C22H23N3O4. The van der Waals surface area contributed by atoms with Gasteiger partial charge in [0.2, 0.25) is 5.91 Å². The molecule has 1 N–H and O–H groups in total. The van der Waals surface area contributed by atoms with E-state index in [1.807, 2.05) is 0 Å². The third kappa shape index (κ3) is 4.87. The Kier molecular flexibility index (Phi) is 6.07. The van der Waals surface area contributed by atoms with E-state index in [2.05, 4.69) is 5.32 Å². The van der Waals surface area contributed by atoms with E-state index < -0.39 is 0 Å². The van der Waals surface area contributed by atoms with Gasteiger partial charge in [-0.05, 0) is 49.4 Å². The number of hydrogen-bond acceptors (Lipinski definition) is 4. The van der Waals surface area contributed by atoms with Gasteiger partial charge in [0.15, 0.2) is 5.78 Å². The number of ketones is 1. The lowest BCUT2D eigenvalue weighted by Gasteiger charge is -2.34. The van der Waals surface area contributed by atoms with Gasteiger partial charge < -0.3 is 15.1 Å². The van der Waals surface area contributed by atoms with Crippen LogP contribution in [0.3, 0.4) is 0 Å². The summed E-state index contributed by atoms with van der Waals surface area (Å²) in [6, 6.07) is 13.2. The van der Waals surface area contributed by atoms with Gasteiger partial charge in [0, 0.05) is 55.5 Å². The molecule has 1 aliphatic rings. The Morgan fingerprint density at radius 2 is 1.34 bits per heavy atom. The molecule has 0 aliphatic carbocycles. The molecule has 0 spiro atoms. The molecule has 7 heteroatoms. The number of carbonyl (C=O) groups excluding carboxylic acids is 4. The van der Waals surface area contributed by atoms with E-state index in [9.17, 15) is 19.2 Å². The average molecular weight is 393 g/mol. The molecule has 1 aliphatic heterocycles. The molecule has 0 bridgehead atoms. The van der Waals surface area contributed by atoms with E-state index in [1.165, 1.54) is 13.8 Å². The van der Waals surface area contributed by atoms with Crippen molar-refractivity contribution in [2.24, 2.45) is 0 Å². The predicted molar refractivity (Wildman–Crippen MR) is 109 cm³/mol. The second-order valence-corrected chi connectivity index (χ2v) is 6.97. The molecule has 1 fully saturated rings. The highest BCUT2D eigenvalue weighted by molar-refractivity contribution is 6.06. The van der Waals surface area contributed by atoms with Crippen molar-refractivity contribution in [2.75, 3.05) is 31.5 Å². The number of benzene rings is 2. The van der Waals surface area contributed by atoms with Crippen LogP contribution in [0, 0.1) is 0 Å². The van der Waals surface area contributed by atoms with Crippen LogP contribution >= 0.6 is 0 Å². The lowest BCUT2D eigenvalue weighted by molar-refractivity contribution is -0.130. The summed E-state index contributed by atoms with van der Waals surface area (Å²) < 4.78 is 0. The van der Waals surface area contributed by atoms with Gasteiger partial charge in [0.1, 0.15) is 0 Å². The van der Waals surface area contributed by atoms with Gasteiger partial charge in [-0.15, -0.1) is 0 Å². The number of carbonyl (C=O) groups is 4. The van der Waals surface area contributed by atoms with Crippen molar-refractivity contribution < 1.29 is 19.2 Å². The van der Waals surface area contributed by atoms with E-state index in [0.717, 1.165) is 0 Å². The minimum Gasteiger partial charge on any atom is -0.339 e. The Morgan fingerprint density at radius 1 is 0.759 bits per heavy atom. The summed E-state index contributed by atoms with van der Waals surface area (Å²) in [5, 5.41) is 2.77. The van der Waals surface area contributed by atoms with Crippen LogP contribution in [0.25, 0.3) is 0 Å². The van der Waals surface area contributed by atoms with Gasteiger partial charge in [-0.25, -0.2) is 0 Å². The Labute approximate surface area is 169 Å². The quantitative estimate of drug-likeness (QED) is 0.809. The molecule has 2 aromatic rings. The molecule has 7 nitrogen and oxygen atoms in total. The number of nitrogens with one attached hydrogen (secondary N) is 1. The van der Waals surface area contributed by atoms with Crippen LogP contribution in [0.2, 0.25) is 0 Å². The van der Waals surface area contributed by atoms with E-state index in [4.69, 9.17) is 0 Å². The number of hydrogen-bond donors (Lipinski definition) is 1. The predicted octanol–water partition coefficient (Wildman–Crippen LogP) is 2.45. The minimum absolute atomic E-state index is 0.00658. The summed E-state index contributed by atoms with van der Waals surface area (Å²) >= 11 is 0. The largest absolute Gasteiger partial charge is 0.339 e. The van der Waals surface area contributed by atoms with Gasteiger partial charge >= 0.3 is 0 Å². The minimum atomic E-state index is -0.336. The Bertz CT molecular complexity index is 945. The number of piperazine rings is 1. The molecule has 3 amide bonds. The number of rotatable bonds is 4. The van der Waals surface area contributed by atoms with Crippen molar-refractivity contribution in [3.8, 4) is 0 Å². The maximum atomic E-state index is 12.8. The molecule has 2 aromatic carbocycles. The molecule has 150 valence electrons. The second-order valence-electron chi connectivity index (χ2n) is 6.97. The fraction of sp³-hybridized carbons (Fsp3) is 0.273. The Morgan fingerprint density at radius 3 is 1.93 bits per heavy atom. The fourth-order valence-electron chi connectivity index (χ4n) is 3.19. The van der Waals surface area contributed by atoms with Gasteiger partial charge in [0.05, 0.1) is 0 Å². The summed E-state index contributed by atoms with van der Waals surface area (Å²) in [6.45, 7) is 4.97. The van der Waals surface area contributed by atoms with Crippen LogP contribution in [0.1, 0.15) is 44.9 Å². The van der Waals surface area contributed by atoms with E-state index >= 15 is 0 Å². The molecule has 0 unspecified atom stereocenters. The van der Waals surface area contributed by atoms with Crippen LogP contribution in [0.5, 0.6) is 0 Å². The summed E-state index contributed by atoms with van der Waals surface area (Å²) in [7, 11) is 0. The lowest BCUT2D eigenvalue weighted by atomic mass is 10.1. The Hall–Kier alpha value is -3.48. The summed E-state index contributed by atoms with van der Waals surface area (Å²) in [4.78, 5) is 51.5.